The van der Waals surface area contributed by atoms with E-state index in [1.165, 1.54) is 23.5 Å². The molecule has 0 aliphatic carbocycles. The van der Waals surface area contributed by atoms with Gasteiger partial charge in [0.2, 0.25) is 0 Å². The summed E-state index contributed by atoms with van der Waals surface area (Å²) in [5.74, 6) is -0.523. The maximum atomic E-state index is 12.7. The number of rotatable bonds is 5. The summed E-state index contributed by atoms with van der Waals surface area (Å²) in [6, 6.07) is 6.00. The highest BCUT2D eigenvalue weighted by molar-refractivity contribution is 7.09. The van der Waals surface area contributed by atoms with Gasteiger partial charge < -0.3 is 11.1 Å². The fourth-order valence-corrected chi connectivity index (χ4v) is 2.32. The van der Waals surface area contributed by atoms with Crippen molar-refractivity contribution in [3.63, 3.8) is 0 Å². The van der Waals surface area contributed by atoms with Crippen molar-refractivity contribution in [2.75, 3.05) is 6.54 Å². The molecule has 100 valence electrons. The number of nitrogens with two attached hydrogens (primary N) is 1. The van der Waals surface area contributed by atoms with Crippen molar-refractivity contribution in [2.24, 2.45) is 5.73 Å². The smallest absolute Gasteiger partial charge is 0.271 e. The van der Waals surface area contributed by atoms with Gasteiger partial charge in [-0.15, -0.1) is 11.3 Å². The molecular formula is C13H14FN3OS. The molecule has 2 rings (SSSR count). The first kappa shape index (κ1) is 13.6. The zero-order valence-corrected chi connectivity index (χ0v) is 11.0. The van der Waals surface area contributed by atoms with E-state index in [1.54, 1.807) is 17.5 Å². The second kappa shape index (κ2) is 6.40. The lowest BCUT2D eigenvalue weighted by molar-refractivity contribution is 0.0946. The van der Waals surface area contributed by atoms with Crippen molar-refractivity contribution in [2.45, 2.75) is 13.0 Å². The Morgan fingerprint density at radius 3 is 2.79 bits per heavy atom. The predicted octanol–water partition coefficient (Wildman–Crippen LogP) is 1.71. The minimum Gasteiger partial charge on any atom is -0.347 e. The Labute approximate surface area is 114 Å². The van der Waals surface area contributed by atoms with Crippen LogP contribution in [0.5, 0.6) is 0 Å². The van der Waals surface area contributed by atoms with Crippen LogP contribution in [0.25, 0.3) is 0 Å². The van der Waals surface area contributed by atoms with Crippen LogP contribution in [0.1, 0.15) is 21.1 Å². The Morgan fingerprint density at radius 2 is 2.11 bits per heavy atom. The molecule has 0 radical (unpaired) electrons. The number of halogens is 1. The number of amides is 1. The van der Waals surface area contributed by atoms with Crippen LogP contribution in [0.4, 0.5) is 4.39 Å². The summed E-state index contributed by atoms with van der Waals surface area (Å²) in [4.78, 5) is 16.0. The number of hydrogen-bond donors (Lipinski definition) is 2. The SMILES string of the molecule is NCCc1nc(C(=O)NCc2ccc(F)cc2)cs1. The average Bonchev–Trinajstić information content (AvgIpc) is 2.87. The largest absolute Gasteiger partial charge is 0.347 e. The molecule has 0 aliphatic rings. The van der Waals surface area contributed by atoms with E-state index in [-0.39, 0.29) is 11.7 Å². The third-order valence-electron chi connectivity index (χ3n) is 2.51. The molecule has 0 bridgehead atoms. The quantitative estimate of drug-likeness (QED) is 0.875. The molecule has 0 saturated carbocycles. The molecule has 0 atom stereocenters. The Kier molecular flexibility index (Phi) is 4.59. The van der Waals surface area contributed by atoms with Gasteiger partial charge in [-0.25, -0.2) is 9.37 Å². The Balaban J connectivity index is 1.91. The predicted molar refractivity (Wildman–Crippen MR) is 72.4 cm³/mol. The van der Waals surface area contributed by atoms with Crippen LogP contribution >= 0.6 is 11.3 Å². The number of carbonyl (C=O) groups is 1. The summed E-state index contributed by atoms with van der Waals surface area (Å²) >= 11 is 1.42. The van der Waals surface area contributed by atoms with Gasteiger partial charge in [0.25, 0.3) is 5.91 Å². The molecular weight excluding hydrogens is 265 g/mol. The average molecular weight is 279 g/mol. The fourth-order valence-electron chi connectivity index (χ4n) is 1.53. The van der Waals surface area contributed by atoms with E-state index in [2.05, 4.69) is 10.3 Å². The molecule has 19 heavy (non-hydrogen) atoms. The van der Waals surface area contributed by atoms with Crippen LogP contribution in [0.15, 0.2) is 29.6 Å². The summed E-state index contributed by atoms with van der Waals surface area (Å²) in [6.45, 7) is 0.868. The van der Waals surface area contributed by atoms with Crippen LogP contribution in [0.3, 0.4) is 0 Å². The zero-order valence-electron chi connectivity index (χ0n) is 10.2. The number of carbonyl (C=O) groups excluding carboxylic acids is 1. The third-order valence-corrected chi connectivity index (χ3v) is 3.42. The standard InChI is InChI=1S/C13H14FN3OS/c14-10-3-1-9(2-4-10)7-16-13(18)11-8-19-12(17-11)5-6-15/h1-4,8H,5-7,15H2,(H,16,18). The van der Waals surface area contributed by atoms with E-state index >= 15 is 0 Å². The van der Waals surface area contributed by atoms with Gasteiger partial charge in [0, 0.05) is 18.3 Å². The van der Waals surface area contributed by atoms with Crippen molar-refractivity contribution in [3.8, 4) is 0 Å². The molecule has 2 aromatic rings. The Hall–Kier alpha value is -1.79. The van der Waals surface area contributed by atoms with Crippen LogP contribution in [-0.2, 0) is 13.0 Å². The minimum atomic E-state index is -0.291. The van der Waals surface area contributed by atoms with Crippen LogP contribution in [-0.4, -0.2) is 17.4 Å². The fraction of sp³-hybridized carbons (Fsp3) is 0.231. The van der Waals surface area contributed by atoms with E-state index in [0.717, 1.165) is 10.6 Å². The molecule has 1 aromatic carbocycles. The highest BCUT2D eigenvalue weighted by atomic mass is 32.1. The molecule has 0 fully saturated rings. The molecule has 0 saturated heterocycles. The van der Waals surface area contributed by atoms with Crippen LogP contribution in [0.2, 0.25) is 0 Å². The maximum Gasteiger partial charge on any atom is 0.271 e. The molecule has 6 heteroatoms. The monoisotopic (exact) mass is 279 g/mol. The van der Waals surface area contributed by atoms with Gasteiger partial charge in [-0.2, -0.15) is 0 Å². The zero-order chi connectivity index (χ0) is 13.7. The van der Waals surface area contributed by atoms with Crippen molar-refractivity contribution >= 4 is 17.2 Å². The van der Waals surface area contributed by atoms with Crippen LogP contribution in [0, 0.1) is 5.82 Å². The lowest BCUT2D eigenvalue weighted by Gasteiger charge is -2.03. The number of nitrogens with zero attached hydrogens (tertiary/aromatic N) is 1. The normalized spacial score (nSPS) is 10.4. The van der Waals surface area contributed by atoms with Gasteiger partial charge in [0.15, 0.2) is 0 Å². The van der Waals surface area contributed by atoms with Crippen molar-refractivity contribution in [3.05, 3.63) is 51.7 Å². The maximum absolute atomic E-state index is 12.7. The number of hydrogen-bond acceptors (Lipinski definition) is 4. The van der Waals surface area contributed by atoms with Gasteiger partial charge in [-0.3, -0.25) is 4.79 Å². The van der Waals surface area contributed by atoms with E-state index in [4.69, 9.17) is 5.73 Å². The molecule has 0 aliphatic heterocycles. The second-order valence-electron chi connectivity index (χ2n) is 3.97. The number of nitrogens with one attached hydrogen (secondary N) is 1. The molecule has 1 amide bonds. The van der Waals surface area contributed by atoms with E-state index in [9.17, 15) is 9.18 Å². The summed E-state index contributed by atoms with van der Waals surface area (Å²) in [5.41, 5.74) is 6.67. The summed E-state index contributed by atoms with van der Waals surface area (Å²) in [5, 5.41) is 5.31. The van der Waals surface area contributed by atoms with Gasteiger partial charge in [-0.1, -0.05) is 12.1 Å². The van der Waals surface area contributed by atoms with E-state index in [0.29, 0.717) is 25.2 Å². The summed E-state index contributed by atoms with van der Waals surface area (Å²) < 4.78 is 12.7. The van der Waals surface area contributed by atoms with Crippen molar-refractivity contribution in [1.29, 1.82) is 0 Å². The van der Waals surface area contributed by atoms with Gasteiger partial charge >= 0.3 is 0 Å². The van der Waals surface area contributed by atoms with Gasteiger partial charge in [0.1, 0.15) is 11.5 Å². The third kappa shape index (κ3) is 3.84. The summed E-state index contributed by atoms with van der Waals surface area (Å²) in [6.07, 6.45) is 0.676. The molecule has 0 unspecified atom stereocenters. The summed E-state index contributed by atoms with van der Waals surface area (Å²) in [7, 11) is 0. The van der Waals surface area contributed by atoms with Gasteiger partial charge in [-0.05, 0) is 24.2 Å². The first-order valence-electron chi connectivity index (χ1n) is 5.86. The van der Waals surface area contributed by atoms with E-state index in [1.807, 2.05) is 0 Å². The lowest BCUT2D eigenvalue weighted by Crippen LogP contribution is -2.23. The number of aromatic nitrogens is 1. The Morgan fingerprint density at radius 1 is 1.37 bits per heavy atom. The first-order chi connectivity index (χ1) is 9.19. The molecule has 1 aromatic heterocycles. The number of thiazole rings is 1. The topological polar surface area (TPSA) is 68.0 Å². The minimum absolute atomic E-state index is 0.233. The first-order valence-corrected chi connectivity index (χ1v) is 6.74. The molecule has 0 spiro atoms. The highest BCUT2D eigenvalue weighted by Gasteiger charge is 2.09. The van der Waals surface area contributed by atoms with Crippen molar-refractivity contribution < 1.29 is 9.18 Å². The second-order valence-corrected chi connectivity index (χ2v) is 4.92. The molecule has 1 heterocycles. The number of benzene rings is 1. The highest BCUT2D eigenvalue weighted by Crippen LogP contribution is 2.10. The lowest BCUT2D eigenvalue weighted by atomic mass is 10.2. The van der Waals surface area contributed by atoms with Crippen molar-refractivity contribution in [1.82, 2.24) is 10.3 Å². The molecule has 3 N–H and O–H groups in total. The van der Waals surface area contributed by atoms with E-state index < -0.39 is 0 Å². The van der Waals surface area contributed by atoms with Crippen LogP contribution < -0.4 is 11.1 Å². The Bertz CT molecular complexity index is 553. The van der Waals surface area contributed by atoms with Gasteiger partial charge in [0.05, 0.1) is 5.01 Å². The molecule has 4 nitrogen and oxygen atoms in total.